The van der Waals surface area contributed by atoms with E-state index in [4.69, 9.17) is 39.5 Å². The topological polar surface area (TPSA) is 75.7 Å². The van der Waals surface area contributed by atoms with Gasteiger partial charge < -0.3 is 4.74 Å². The highest BCUT2D eigenvalue weighted by molar-refractivity contribution is 9.10. The minimum Gasteiger partial charge on any atom is -0.488 e. The van der Waals surface area contributed by atoms with Crippen LogP contribution in [0, 0.1) is 0 Å². The Morgan fingerprint density at radius 2 is 1.68 bits per heavy atom. The van der Waals surface area contributed by atoms with Crippen LogP contribution in [0.3, 0.4) is 0 Å². The number of anilines is 1. The number of halogens is 7. The molecule has 1 fully saturated rings. The Morgan fingerprint density at radius 1 is 0.947 bits per heavy atom. The molecule has 1 aliphatic rings. The molecule has 0 radical (unpaired) electrons. The number of carbonyl (C=O) groups is 3. The summed E-state index contributed by atoms with van der Waals surface area (Å²) in [5.41, 5.74) is -1.34. The summed E-state index contributed by atoms with van der Waals surface area (Å²) in [6.07, 6.45) is -3.61. The molecule has 4 rings (SSSR count). The van der Waals surface area contributed by atoms with Crippen LogP contribution in [0.5, 0.6) is 5.75 Å². The van der Waals surface area contributed by atoms with Crippen LogP contribution in [0.1, 0.15) is 16.7 Å². The van der Waals surface area contributed by atoms with Crippen LogP contribution >= 0.6 is 50.7 Å². The molecule has 3 aromatic rings. The number of barbiturate groups is 1. The smallest absolute Gasteiger partial charge is 0.416 e. The molecule has 1 N–H and O–H groups in total. The van der Waals surface area contributed by atoms with Gasteiger partial charge in [-0.25, -0.2) is 9.69 Å². The van der Waals surface area contributed by atoms with E-state index in [1.807, 2.05) is 5.32 Å². The van der Waals surface area contributed by atoms with E-state index in [2.05, 4.69) is 15.9 Å². The van der Waals surface area contributed by atoms with Crippen LogP contribution in [-0.2, 0) is 22.4 Å². The number of benzene rings is 3. The van der Waals surface area contributed by atoms with Crippen molar-refractivity contribution >= 4 is 80.3 Å². The number of hydrogen-bond donors (Lipinski definition) is 1. The molecule has 196 valence electrons. The molecule has 0 spiro atoms. The van der Waals surface area contributed by atoms with Crippen LogP contribution < -0.4 is 15.0 Å². The number of rotatable bonds is 5. The van der Waals surface area contributed by atoms with Gasteiger partial charge in [-0.2, -0.15) is 13.2 Å². The minimum atomic E-state index is -4.77. The Balaban J connectivity index is 1.71. The SMILES string of the molecule is O=C1NC(=O)N(c2cc(C(F)(F)F)ccc2Cl)C(=O)/C1=C\c1cc(Br)ccc1OCc1ccc(Cl)cc1Cl. The predicted octanol–water partition coefficient (Wildman–Crippen LogP) is 7.67. The van der Waals surface area contributed by atoms with Crippen LogP contribution in [0.2, 0.25) is 15.1 Å². The van der Waals surface area contributed by atoms with Gasteiger partial charge in [0.05, 0.1) is 16.3 Å². The number of imide groups is 2. The normalized spacial score (nSPS) is 15.2. The molecule has 1 aliphatic heterocycles. The maximum absolute atomic E-state index is 13.3. The van der Waals surface area contributed by atoms with E-state index in [1.54, 1.807) is 36.4 Å². The van der Waals surface area contributed by atoms with E-state index in [1.165, 1.54) is 0 Å². The van der Waals surface area contributed by atoms with Gasteiger partial charge in [0.25, 0.3) is 11.8 Å². The molecule has 13 heteroatoms. The standard InChI is InChI=1S/C25H13BrCl3F3N2O4/c26-15-3-6-21(38-11-12-1-4-16(27)10-19(12)29)13(7-15)8-17-22(35)33-24(37)34(23(17)36)20-9-14(25(30,31)32)2-5-18(20)28/h1-10H,11H2,(H,33,35,37)/b17-8-. The average molecular weight is 649 g/mol. The van der Waals surface area contributed by atoms with Crippen molar-refractivity contribution in [1.29, 1.82) is 0 Å². The first-order valence-electron chi connectivity index (χ1n) is 10.5. The molecular weight excluding hydrogens is 636 g/mol. The Kier molecular flexibility index (Phi) is 8.08. The molecule has 0 unspecified atom stereocenters. The molecule has 38 heavy (non-hydrogen) atoms. The fourth-order valence-corrected chi connectivity index (χ4v) is 4.49. The first-order valence-corrected chi connectivity index (χ1v) is 12.4. The molecule has 0 saturated carbocycles. The quantitative estimate of drug-likeness (QED) is 0.228. The fraction of sp³-hybridized carbons (Fsp3) is 0.0800. The summed E-state index contributed by atoms with van der Waals surface area (Å²) in [6, 6.07) is 10.5. The second kappa shape index (κ2) is 11.0. The Morgan fingerprint density at radius 3 is 2.37 bits per heavy atom. The zero-order valence-corrected chi connectivity index (χ0v) is 22.6. The number of urea groups is 1. The maximum Gasteiger partial charge on any atom is 0.416 e. The lowest BCUT2D eigenvalue weighted by Gasteiger charge is -2.27. The lowest BCUT2D eigenvalue weighted by atomic mass is 10.1. The molecule has 0 bridgehead atoms. The molecule has 0 atom stereocenters. The van der Waals surface area contributed by atoms with E-state index in [0.717, 1.165) is 12.1 Å². The van der Waals surface area contributed by atoms with Gasteiger partial charge in [-0.05, 0) is 54.6 Å². The van der Waals surface area contributed by atoms with Crippen molar-refractivity contribution in [1.82, 2.24) is 5.32 Å². The summed E-state index contributed by atoms with van der Waals surface area (Å²) >= 11 is 21.5. The molecule has 6 nitrogen and oxygen atoms in total. The summed E-state index contributed by atoms with van der Waals surface area (Å²) in [6.45, 7) is 0.0123. The van der Waals surface area contributed by atoms with Crippen molar-refractivity contribution in [3.05, 3.63) is 96.4 Å². The van der Waals surface area contributed by atoms with Gasteiger partial charge in [-0.15, -0.1) is 0 Å². The summed E-state index contributed by atoms with van der Waals surface area (Å²) in [4.78, 5) is 38.8. The molecule has 0 aliphatic carbocycles. The lowest BCUT2D eigenvalue weighted by Crippen LogP contribution is -2.54. The maximum atomic E-state index is 13.3. The van der Waals surface area contributed by atoms with Gasteiger partial charge in [0.1, 0.15) is 17.9 Å². The Labute approximate surface area is 237 Å². The number of hydrogen-bond acceptors (Lipinski definition) is 4. The number of ether oxygens (including phenoxy) is 1. The second-order valence-corrected chi connectivity index (χ2v) is 9.99. The van der Waals surface area contributed by atoms with Gasteiger partial charge in [0.2, 0.25) is 0 Å². The first kappa shape index (κ1) is 28.0. The predicted molar refractivity (Wildman–Crippen MR) is 140 cm³/mol. The van der Waals surface area contributed by atoms with Crippen LogP contribution in [0.15, 0.2) is 64.6 Å². The number of carbonyl (C=O) groups excluding carboxylic acids is 3. The highest BCUT2D eigenvalue weighted by Crippen LogP contribution is 2.37. The third-order valence-electron chi connectivity index (χ3n) is 5.29. The van der Waals surface area contributed by atoms with Crippen molar-refractivity contribution in [2.24, 2.45) is 0 Å². The number of nitrogens with zero attached hydrogens (tertiary/aromatic N) is 1. The zero-order chi connectivity index (χ0) is 27.8. The van der Waals surface area contributed by atoms with Gasteiger partial charge in [0.15, 0.2) is 0 Å². The Hall–Kier alpha value is -3.05. The van der Waals surface area contributed by atoms with Crippen molar-refractivity contribution in [3.63, 3.8) is 0 Å². The van der Waals surface area contributed by atoms with E-state index < -0.39 is 40.8 Å². The van der Waals surface area contributed by atoms with Crippen molar-refractivity contribution in [3.8, 4) is 5.75 Å². The molecule has 1 heterocycles. The molecule has 1 saturated heterocycles. The second-order valence-electron chi connectivity index (χ2n) is 7.83. The van der Waals surface area contributed by atoms with Gasteiger partial charge in [0, 0.05) is 25.6 Å². The molecule has 3 aromatic carbocycles. The van der Waals surface area contributed by atoms with Crippen molar-refractivity contribution in [2.75, 3.05) is 4.90 Å². The highest BCUT2D eigenvalue weighted by atomic mass is 79.9. The van der Waals surface area contributed by atoms with Crippen molar-refractivity contribution < 1.29 is 32.3 Å². The average Bonchev–Trinajstić information content (AvgIpc) is 2.82. The number of alkyl halides is 3. The minimum absolute atomic E-state index is 0.0123. The van der Waals surface area contributed by atoms with E-state index in [0.29, 0.717) is 37.1 Å². The molecule has 4 amide bonds. The van der Waals surface area contributed by atoms with Crippen LogP contribution in [-0.4, -0.2) is 17.8 Å². The first-order chi connectivity index (χ1) is 17.8. The molecular formula is C25H13BrCl3F3N2O4. The van der Waals surface area contributed by atoms with Crippen LogP contribution in [0.4, 0.5) is 23.7 Å². The third-order valence-corrected chi connectivity index (χ3v) is 6.69. The van der Waals surface area contributed by atoms with E-state index in [9.17, 15) is 27.6 Å². The highest BCUT2D eigenvalue weighted by Gasteiger charge is 2.39. The number of nitrogens with one attached hydrogen (secondary N) is 1. The van der Waals surface area contributed by atoms with Gasteiger partial charge in [-0.1, -0.05) is 56.8 Å². The monoisotopic (exact) mass is 646 g/mol. The van der Waals surface area contributed by atoms with Crippen molar-refractivity contribution in [2.45, 2.75) is 12.8 Å². The van der Waals surface area contributed by atoms with Gasteiger partial charge in [-0.3, -0.25) is 14.9 Å². The summed E-state index contributed by atoms with van der Waals surface area (Å²) < 4.78 is 46.2. The Bertz CT molecular complexity index is 1510. The summed E-state index contributed by atoms with van der Waals surface area (Å²) in [5.74, 6) is -1.98. The zero-order valence-electron chi connectivity index (χ0n) is 18.7. The van der Waals surface area contributed by atoms with Crippen LogP contribution in [0.25, 0.3) is 6.08 Å². The molecule has 0 aromatic heterocycles. The summed E-state index contributed by atoms with van der Waals surface area (Å²) in [5, 5.41) is 2.45. The third kappa shape index (κ3) is 5.99. The number of amides is 4. The summed E-state index contributed by atoms with van der Waals surface area (Å²) in [7, 11) is 0. The van der Waals surface area contributed by atoms with E-state index in [-0.39, 0.29) is 22.9 Å². The largest absolute Gasteiger partial charge is 0.488 e. The lowest BCUT2D eigenvalue weighted by molar-refractivity contribution is -0.137. The fourth-order valence-electron chi connectivity index (χ4n) is 3.45. The van der Waals surface area contributed by atoms with E-state index >= 15 is 0 Å². The van der Waals surface area contributed by atoms with Gasteiger partial charge >= 0.3 is 12.2 Å².